The molecule has 1 N–H and O–H groups in total. The van der Waals surface area contributed by atoms with Gasteiger partial charge < -0.3 is 0 Å². The van der Waals surface area contributed by atoms with Crippen LogP contribution in [0.1, 0.15) is 50.8 Å². The summed E-state index contributed by atoms with van der Waals surface area (Å²) in [5, 5.41) is 12.7. The van der Waals surface area contributed by atoms with Crippen LogP contribution in [0.15, 0.2) is 12.1 Å². The lowest BCUT2D eigenvalue weighted by molar-refractivity contribution is 0.102. The normalized spacial score (nSPS) is 14.3. The lowest BCUT2D eigenvalue weighted by Crippen LogP contribution is -2.15. The van der Waals surface area contributed by atoms with Crippen molar-refractivity contribution in [3.05, 3.63) is 39.4 Å². The first kappa shape index (κ1) is 13.2. The standard InChI is InChI=1S/C15H17N3OS/c1-8-6-9(2)12(10(3)7-8)13(19)16-15-18-17-14(20-15)11-4-5-11/h6-7,11H,4-5H2,1-3H3,(H,16,18,19). The van der Waals surface area contributed by atoms with E-state index in [1.165, 1.54) is 29.7 Å². The summed E-state index contributed by atoms with van der Waals surface area (Å²) in [5.41, 5.74) is 3.89. The number of benzene rings is 1. The fourth-order valence-electron chi connectivity index (χ4n) is 2.48. The van der Waals surface area contributed by atoms with Gasteiger partial charge in [-0.05, 0) is 44.7 Å². The number of nitrogens with zero attached hydrogens (tertiary/aromatic N) is 2. The average Bonchev–Trinajstić information content (AvgIpc) is 3.09. The second kappa shape index (κ2) is 4.98. The predicted molar refractivity (Wildman–Crippen MR) is 80.5 cm³/mol. The molecule has 5 heteroatoms. The van der Waals surface area contributed by atoms with Crippen molar-refractivity contribution in [2.45, 2.75) is 39.5 Å². The third-order valence-electron chi connectivity index (χ3n) is 3.49. The maximum atomic E-state index is 12.4. The third kappa shape index (κ3) is 2.58. The van der Waals surface area contributed by atoms with Crippen molar-refractivity contribution in [1.82, 2.24) is 10.2 Å². The van der Waals surface area contributed by atoms with E-state index in [4.69, 9.17) is 0 Å². The molecular formula is C15H17N3OS. The fraction of sp³-hybridized carbons (Fsp3) is 0.400. The van der Waals surface area contributed by atoms with Gasteiger partial charge in [0.15, 0.2) is 0 Å². The monoisotopic (exact) mass is 287 g/mol. The van der Waals surface area contributed by atoms with Crippen molar-refractivity contribution >= 4 is 22.4 Å². The molecule has 1 amide bonds. The lowest BCUT2D eigenvalue weighted by Gasteiger charge is -2.10. The zero-order chi connectivity index (χ0) is 14.3. The highest BCUT2D eigenvalue weighted by atomic mass is 32.1. The minimum absolute atomic E-state index is 0.0986. The van der Waals surface area contributed by atoms with Crippen LogP contribution >= 0.6 is 11.3 Å². The molecule has 1 aliphatic rings. The highest BCUT2D eigenvalue weighted by Crippen LogP contribution is 2.42. The topological polar surface area (TPSA) is 54.9 Å². The first-order chi connectivity index (χ1) is 9.54. The summed E-state index contributed by atoms with van der Waals surface area (Å²) in [6.07, 6.45) is 2.39. The average molecular weight is 287 g/mol. The van der Waals surface area contributed by atoms with Gasteiger partial charge in [0.05, 0.1) is 0 Å². The van der Waals surface area contributed by atoms with Crippen LogP contribution in [0.5, 0.6) is 0 Å². The van der Waals surface area contributed by atoms with Crippen molar-refractivity contribution in [3.8, 4) is 0 Å². The molecule has 0 spiro atoms. The molecule has 0 aliphatic heterocycles. The summed E-state index contributed by atoms with van der Waals surface area (Å²) in [7, 11) is 0. The highest BCUT2D eigenvalue weighted by molar-refractivity contribution is 7.15. The summed E-state index contributed by atoms with van der Waals surface area (Å²) in [6.45, 7) is 5.96. The fourth-order valence-corrected chi connectivity index (χ4v) is 3.39. The SMILES string of the molecule is Cc1cc(C)c(C(=O)Nc2nnc(C3CC3)s2)c(C)c1. The van der Waals surface area contributed by atoms with E-state index in [1.54, 1.807) is 0 Å². The predicted octanol–water partition coefficient (Wildman–Crippen LogP) is 3.59. The zero-order valence-electron chi connectivity index (χ0n) is 11.9. The van der Waals surface area contributed by atoms with Gasteiger partial charge >= 0.3 is 0 Å². The summed E-state index contributed by atoms with van der Waals surface area (Å²) in [6, 6.07) is 4.05. The van der Waals surface area contributed by atoms with Crippen LogP contribution in [0.25, 0.3) is 0 Å². The van der Waals surface area contributed by atoms with Crippen molar-refractivity contribution in [3.63, 3.8) is 0 Å². The molecule has 0 bridgehead atoms. The second-order valence-electron chi connectivity index (χ2n) is 5.45. The van der Waals surface area contributed by atoms with Crippen LogP contribution in [0.4, 0.5) is 5.13 Å². The Kier molecular flexibility index (Phi) is 3.30. The number of hydrogen-bond donors (Lipinski definition) is 1. The van der Waals surface area contributed by atoms with Crippen LogP contribution in [-0.4, -0.2) is 16.1 Å². The molecule has 2 aromatic rings. The van der Waals surface area contributed by atoms with Gasteiger partial charge in [0.25, 0.3) is 5.91 Å². The van der Waals surface area contributed by atoms with Gasteiger partial charge in [0.1, 0.15) is 5.01 Å². The van der Waals surface area contributed by atoms with E-state index in [0.29, 0.717) is 11.0 Å². The largest absolute Gasteiger partial charge is 0.296 e. The maximum Gasteiger partial charge on any atom is 0.258 e. The Bertz CT molecular complexity index is 651. The van der Waals surface area contributed by atoms with Crippen LogP contribution in [0.3, 0.4) is 0 Å². The van der Waals surface area contributed by atoms with Crippen molar-refractivity contribution in [2.75, 3.05) is 5.32 Å². The van der Waals surface area contributed by atoms with E-state index < -0.39 is 0 Å². The smallest absolute Gasteiger partial charge is 0.258 e. The van der Waals surface area contributed by atoms with Gasteiger partial charge in [-0.25, -0.2) is 0 Å². The molecule has 104 valence electrons. The van der Waals surface area contributed by atoms with Crippen LogP contribution < -0.4 is 5.32 Å². The molecule has 4 nitrogen and oxygen atoms in total. The maximum absolute atomic E-state index is 12.4. The number of hydrogen-bond acceptors (Lipinski definition) is 4. The number of aromatic nitrogens is 2. The summed E-state index contributed by atoms with van der Waals surface area (Å²) < 4.78 is 0. The Morgan fingerprint density at radius 2 is 1.85 bits per heavy atom. The van der Waals surface area contributed by atoms with Crippen LogP contribution in [0, 0.1) is 20.8 Å². The first-order valence-electron chi connectivity index (χ1n) is 6.77. The zero-order valence-corrected chi connectivity index (χ0v) is 12.7. The number of carbonyl (C=O) groups excluding carboxylic acids is 1. The summed E-state index contributed by atoms with van der Waals surface area (Å²) in [5.74, 6) is 0.472. The van der Waals surface area contributed by atoms with E-state index in [-0.39, 0.29) is 5.91 Å². The molecule has 0 atom stereocenters. The van der Waals surface area contributed by atoms with Crippen LogP contribution in [0.2, 0.25) is 0 Å². The van der Waals surface area contributed by atoms with E-state index in [9.17, 15) is 4.79 Å². The summed E-state index contributed by atoms with van der Waals surface area (Å²) in [4.78, 5) is 12.4. The minimum Gasteiger partial charge on any atom is -0.296 e. The third-order valence-corrected chi connectivity index (χ3v) is 4.49. The number of aryl methyl sites for hydroxylation is 3. The Morgan fingerprint density at radius 1 is 1.20 bits per heavy atom. The van der Waals surface area contributed by atoms with Crippen molar-refractivity contribution in [1.29, 1.82) is 0 Å². The van der Waals surface area contributed by atoms with Gasteiger partial charge in [0.2, 0.25) is 5.13 Å². The molecule has 1 aromatic heterocycles. The van der Waals surface area contributed by atoms with Gasteiger partial charge in [-0.2, -0.15) is 0 Å². The number of amides is 1. The van der Waals surface area contributed by atoms with E-state index in [1.807, 2.05) is 32.9 Å². The Morgan fingerprint density at radius 3 is 2.45 bits per heavy atom. The number of nitrogens with one attached hydrogen (secondary N) is 1. The minimum atomic E-state index is -0.0986. The Hall–Kier alpha value is -1.75. The number of rotatable bonds is 3. The molecule has 1 fully saturated rings. The molecule has 1 aliphatic carbocycles. The first-order valence-corrected chi connectivity index (χ1v) is 7.59. The van der Waals surface area contributed by atoms with E-state index in [2.05, 4.69) is 15.5 Å². The summed E-state index contributed by atoms with van der Waals surface area (Å²) >= 11 is 1.49. The molecule has 0 radical (unpaired) electrons. The second-order valence-corrected chi connectivity index (χ2v) is 6.46. The van der Waals surface area contributed by atoms with Gasteiger partial charge in [-0.3, -0.25) is 10.1 Å². The van der Waals surface area contributed by atoms with Crippen molar-refractivity contribution < 1.29 is 4.79 Å². The van der Waals surface area contributed by atoms with Gasteiger partial charge in [0, 0.05) is 11.5 Å². The number of carbonyl (C=O) groups is 1. The highest BCUT2D eigenvalue weighted by Gasteiger charge is 2.28. The van der Waals surface area contributed by atoms with E-state index >= 15 is 0 Å². The van der Waals surface area contributed by atoms with Crippen molar-refractivity contribution in [2.24, 2.45) is 0 Å². The molecule has 20 heavy (non-hydrogen) atoms. The molecule has 1 aromatic carbocycles. The van der Waals surface area contributed by atoms with Gasteiger partial charge in [-0.1, -0.05) is 29.0 Å². The molecule has 1 heterocycles. The number of anilines is 1. The van der Waals surface area contributed by atoms with Crippen LogP contribution in [-0.2, 0) is 0 Å². The lowest BCUT2D eigenvalue weighted by atomic mass is 9.99. The molecule has 1 saturated carbocycles. The van der Waals surface area contributed by atoms with E-state index in [0.717, 1.165) is 21.7 Å². The quantitative estimate of drug-likeness (QED) is 0.938. The molecular weight excluding hydrogens is 270 g/mol. The Balaban J connectivity index is 1.81. The molecule has 0 unspecified atom stereocenters. The van der Waals surface area contributed by atoms with Gasteiger partial charge in [-0.15, -0.1) is 10.2 Å². The molecule has 0 saturated heterocycles. The molecule has 3 rings (SSSR count). The Labute approximate surface area is 122 Å².